The predicted octanol–water partition coefficient (Wildman–Crippen LogP) is 3.19. The number of hydrogen-bond donors (Lipinski definition) is 1. The van der Waals surface area contributed by atoms with Crippen LogP contribution in [0.4, 0.5) is 0 Å². The number of nitrogens with zero attached hydrogens (tertiary/aromatic N) is 2. The molecule has 0 aliphatic heterocycles. The van der Waals surface area contributed by atoms with E-state index in [4.69, 9.17) is 14.5 Å². The van der Waals surface area contributed by atoms with E-state index in [2.05, 4.69) is 5.16 Å². The first-order valence-corrected chi connectivity index (χ1v) is 6.81. The number of hydrogen-bond acceptors (Lipinski definition) is 5. The lowest BCUT2D eigenvalue weighted by atomic mass is 10.0. The van der Waals surface area contributed by atoms with Crippen LogP contribution >= 0.6 is 0 Å². The van der Waals surface area contributed by atoms with Crippen molar-refractivity contribution in [3.8, 4) is 17.6 Å². The zero-order valence-electron chi connectivity index (χ0n) is 12.4. The Bertz CT molecular complexity index is 684. The second-order valence-electron chi connectivity index (χ2n) is 5.04. The van der Waals surface area contributed by atoms with Crippen molar-refractivity contribution in [1.82, 2.24) is 5.16 Å². The summed E-state index contributed by atoms with van der Waals surface area (Å²) in [7, 11) is 0. The van der Waals surface area contributed by atoms with E-state index in [-0.39, 0.29) is 11.3 Å². The van der Waals surface area contributed by atoms with Crippen LogP contribution in [0.5, 0.6) is 11.5 Å². The summed E-state index contributed by atoms with van der Waals surface area (Å²) >= 11 is 0. The highest BCUT2D eigenvalue weighted by molar-refractivity contribution is 5.56. The van der Waals surface area contributed by atoms with Crippen LogP contribution in [-0.2, 0) is 6.42 Å². The van der Waals surface area contributed by atoms with Gasteiger partial charge in [-0.2, -0.15) is 5.26 Å². The summed E-state index contributed by atoms with van der Waals surface area (Å²) in [6, 6.07) is 5.51. The molecule has 0 spiro atoms. The maximum atomic E-state index is 9.91. The maximum absolute atomic E-state index is 9.91. The van der Waals surface area contributed by atoms with E-state index in [9.17, 15) is 5.11 Å². The van der Waals surface area contributed by atoms with Gasteiger partial charge in [0.2, 0.25) is 0 Å². The lowest BCUT2D eigenvalue weighted by Gasteiger charge is -2.13. The Labute approximate surface area is 123 Å². The van der Waals surface area contributed by atoms with Crippen LogP contribution in [0.2, 0.25) is 0 Å². The second-order valence-corrected chi connectivity index (χ2v) is 5.04. The molecule has 0 unspecified atom stereocenters. The Morgan fingerprint density at radius 3 is 2.71 bits per heavy atom. The van der Waals surface area contributed by atoms with Gasteiger partial charge in [0.05, 0.1) is 17.9 Å². The molecule has 0 fully saturated rings. The zero-order chi connectivity index (χ0) is 15.4. The standard InChI is InChI=1S/C16H18N2O3/c1-10-7-13(9-17)15(19)12(3)16(10)20-6-4-5-14-8-11(2)18-21-14/h7-8,19H,4-6H2,1-3H3. The second kappa shape index (κ2) is 6.31. The van der Waals surface area contributed by atoms with Crippen LogP contribution in [0.25, 0.3) is 0 Å². The van der Waals surface area contributed by atoms with Crippen molar-refractivity contribution in [2.75, 3.05) is 6.61 Å². The normalized spacial score (nSPS) is 10.4. The SMILES string of the molecule is Cc1cc(CCCOc2c(C)cc(C#N)c(O)c2C)on1. The van der Waals surface area contributed by atoms with Crippen LogP contribution in [-0.4, -0.2) is 16.9 Å². The average molecular weight is 286 g/mol. The summed E-state index contributed by atoms with van der Waals surface area (Å²) < 4.78 is 10.9. The number of benzene rings is 1. The summed E-state index contributed by atoms with van der Waals surface area (Å²) in [6.07, 6.45) is 1.54. The number of rotatable bonds is 5. The van der Waals surface area contributed by atoms with Crippen LogP contribution < -0.4 is 4.74 Å². The first kappa shape index (κ1) is 14.9. The summed E-state index contributed by atoms with van der Waals surface area (Å²) in [4.78, 5) is 0. The van der Waals surface area contributed by atoms with Crippen molar-refractivity contribution < 1.29 is 14.4 Å². The monoisotopic (exact) mass is 286 g/mol. The minimum Gasteiger partial charge on any atom is -0.506 e. The van der Waals surface area contributed by atoms with Crippen LogP contribution in [0.1, 0.15) is 34.6 Å². The van der Waals surface area contributed by atoms with Crippen molar-refractivity contribution in [2.45, 2.75) is 33.6 Å². The maximum Gasteiger partial charge on any atom is 0.139 e. The molecule has 110 valence electrons. The molecule has 0 aliphatic rings. The van der Waals surface area contributed by atoms with Crippen molar-refractivity contribution in [3.05, 3.63) is 40.3 Å². The number of aromatic hydroxyl groups is 1. The smallest absolute Gasteiger partial charge is 0.139 e. The Morgan fingerprint density at radius 2 is 2.10 bits per heavy atom. The molecule has 5 heteroatoms. The topological polar surface area (TPSA) is 79.3 Å². The number of aromatic nitrogens is 1. The lowest BCUT2D eigenvalue weighted by molar-refractivity contribution is 0.294. The minimum atomic E-state index is -0.0102. The molecule has 2 aromatic rings. The number of phenols is 1. The molecule has 1 aromatic carbocycles. The van der Waals surface area contributed by atoms with Crippen molar-refractivity contribution >= 4 is 0 Å². The molecule has 0 saturated heterocycles. The van der Waals surface area contributed by atoms with Gasteiger partial charge in [0.25, 0.3) is 0 Å². The molecule has 0 amide bonds. The molecule has 0 atom stereocenters. The molecular weight excluding hydrogens is 268 g/mol. The summed E-state index contributed by atoms with van der Waals surface area (Å²) in [6.45, 7) is 6.00. The molecule has 5 nitrogen and oxygen atoms in total. The van der Waals surface area contributed by atoms with Gasteiger partial charge < -0.3 is 14.4 Å². The molecule has 0 saturated carbocycles. The highest BCUT2D eigenvalue weighted by Crippen LogP contribution is 2.33. The van der Waals surface area contributed by atoms with E-state index >= 15 is 0 Å². The van der Waals surface area contributed by atoms with Gasteiger partial charge in [-0.3, -0.25) is 0 Å². The van der Waals surface area contributed by atoms with Crippen molar-refractivity contribution in [1.29, 1.82) is 5.26 Å². The average Bonchev–Trinajstić information content (AvgIpc) is 2.87. The Balaban J connectivity index is 1.97. The first-order chi connectivity index (χ1) is 10.0. The van der Waals surface area contributed by atoms with E-state index < -0.39 is 0 Å². The number of ether oxygens (including phenoxy) is 1. The van der Waals surface area contributed by atoms with E-state index in [1.807, 2.05) is 26.0 Å². The molecule has 1 N–H and O–H groups in total. The molecule has 1 aromatic heterocycles. The Morgan fingerprint density at radius 1 is 1.33 bits per heavy atom. The summed E-state index contributed by atoms with van der Waals surface area (Å²) in [5, 5.41) is 22.7. The fourth-order valence-electron chi connectivity index (χ4n) is 2.22. The van der Waals surface area contributed by atoms with E-state index in [0.717, 1.165) is 29.9 Å². The van der Waals surface area contributed by atoms with E-state index in [0.29, 0.717) is 17.9 Å². The van der Waals surface area contributed by atoms with Gasteiger partial charge in [-0.1, -0.05) is 5.16 Å². The molecular formula is C16H18N2O3. The van der Waals surface area contributed by atoms with Crippen molar-refractivity contribution in [2.24, 2.45) is 0 Å². The molecule has 0 bridgehead atoms. The fourth-order valence-corrected chi connectivity index (χ4v) is 2.22. The lowest BCUT2D eigenvalue weighted by Crippen LogP contribution is -2.03. The van der Waals surface area contributed by atoms with Crippen molar-refractivity contribution in [3.63, 3.8) is 0 Å². The molecule has 21 heavy (non-hydrogen) atoms. The van der Waals surface area contributed by atoms with Gasteiger partial charge in [0.15, 0.2) is 0 Å². The van der Waals surface area contributed by atoms with Gasteiger partial charge in [0, 0.05) is 18.1 Å². The van der Waals surface area contributed by atoms with Crippen LogP contribution in [0.3, 0.4) is 0 Å². The van der Waals surface area contributed by atoms with Gasteiger partial charge in [-0.05, 0) is 38.8 Å². The Hall–Kier alpha value is -2.48. The molecule has 0 aliphatic carbocycles. The highest BCUT2D eigenvalue weighted by Gasteiger charge is 2.13. The molecule has 1 heterocycles. The third-order valence-electron chi connectivity index (χ3n) is 3.28. The fraction of sp³-hybridized carbons (Fsp3) is 0.375. The van der Waals surface area contributed by atoms with Gasteiger partial charge in [-0.25, -0.2) is 0 Å². The number of phenolic OH excluding ortho intramolecular Hbond substituents is 1. The third-order valence-corrected chi connectivity index (χ3v) is 3.28. The molecule has 2 rings (SSSR count). The summed E-state index contributed by atoms with van der Waals surface area (Å²) in [5.74, 6) is 1.47. The quantitative estimate of drug-likeness (QED) is 0.854. The minimum absolute atomic E-state index is 0.0102. The Kier molecular flexibility index (Phi) is 4.49. The third kappa shape index (κ3) is 3.34. The van der Waals surface area contributed by atoms with Crippen LogP contribution in [0.15, 0.2) is 16.7 Å². The van der Waals surface area contributed by atoms with E-state index in [1.54, 1.807) is 13.0 Å². The predicted molar refractivity (Wildman–Crippen MR) is 77.4 cm³/mol. The highest BCUT2D eigenvalue weighted by atomic mass is 16.5. The zero-order valence-corrected chi connectivity index (χ0v) is 12.4. The number of aryl methyl sites for hydroxylation is 3. The van der Waals surface area contributed by atoms with Gasteiger partial charge >= 0.3 is 0 Å². The van der Waals surface area contributed by atoms with Gasteiger partial charge in [0.1, 0.15) is 23.3 Å². The largest absolute Gasteiger partial charge is 0.506 e. The number of nitriles is 1. The first-order valence-electron chi connectivity index (χ1n) is 6.81. The van der Waals surface area contributed by atoms with Crippen LogP contribution in [0, 0.1) is 32.1 Å². The molecule has 0 radical (unpaired) electrons. The van der Waals surface area contributed by atoms with E-state index in [1.165, 1.54) is 0 Å². The summed E-state index contributed by atoms with van der Waals surface area (Å²) in [5.41, 5.74) is 2.59. The van der Waals surface area contributed by atoms with Gasteiger partial charge in [-0.15, -0.1) is 0 Å².